The van der Waals surface area contributed by atoms with Crippen molar-refractivity contribution in [2.75, 3.05) is 34.3 Å². The van der Waals surface area contributed by atoms with Gasteiger partial charge in [0.05, 0.1) is 21.1 Å². The number of halogens is 1. The quantitative estimate of drug-likeness (QED) is 0.291. The van der Waals surface area contributed by atoms with Crippen molar-refractivity contribution in [2.24, 2.45) is 0 Å². The van der Waals surface area contributed by atoms with E-state index >= 15 is 0 Å². The Morgan fingerprint density at radius 1 is 1.36 bits per heavy atom. The maximum atomic E-state index is 10.8. The van der Waals surface area contributed by atoms with Crippen LogP contribution in [-0.2, 0) is 9.53 Å². The predicted molar refractivity (Wildman–Crippen MR) is 52.3 cm³/mol. The lowest BCUT2D eigenvalue weighted by Gasteiger charge is -2.23. The Morgan fingerprint density at radius 2 is 1.86 bits per heavy atom. The Bertz CT molecular complexity index is 175. The average Bonchev–Trinajstić information content (AvgIpc) is 1.84. The van der Waals surface area contributed by atoms with Crippen LogP contribution in [0.3, 0.4) is 0 Å². The van der Waals surface area contributed by atoms with Gasteiger partial charge in [-0.25, -0.2) is 4.79 Å². The Balaban J connectivity index is -0.000000605. The third kappa shape index (κ3) is 14.0. The van der Waals surface area contributed by atoms with Gasteiger partial charge in [0.25, 0.3) is 0 Å². The third-order valence-electron chi connectivity index (χ3n) is 1.31. The number of carbonyl (C=O) groups is 1. The number of hydrogen-bond acceptors (Lipinski definition) is 2. The molecule has 86 valence electrons. The minimum atomic E-state index is -0.258. The smallest absolute Gasteiger partial charge is 0.330 e. The van der Waals surface area contributed by atoms with Gasteiger partial charge in [-0.15, -0.1) is 0 Å². The van der Waals surface area contributed by atoms with Crippen LogP contribution in [0.5, 0.6) is 0 Å². The van der Waals surface area contributed by atoms with Gasteiger partial charge < -0.3 is 27.1 Å². The lowest BCUT2D eigenvalue weighted by atomic mass is 10.5. The summed E-state index contributed by atoms with van der Waals surface area (Å²) in [6.45, 7) is 3.11. The van der Waals surface area contributed by atoms with Crippen molar-refractivity contribution in [2.45, 2.75) is 6.92 Å². The van der Waals surface area contributed by atoms with Crippen LogP contribution < -0.4 is 12.4 Å². The van der Waals surface area contributed by atoms with Gasteiger partial charge in [0.1, 0.15) is 13.2 Å². The number of rotatable bonds is 4. The van der Waals surface area contributed by atoms with E-state index in [0.29, 0.717) is 6.61 Å². The Kier molecular flexibility index (Phi) is 12.2. The molecule has 0 bridgehead atoms. The van der Waals surface area contributed by atoms with Crippen LogP contribution in [0.2, 0.25) is 0 Å². The number of allylic oxidation sites excluding steroid dienone is 1. The molecule has 0 heterocycles. The molecule has 0 saturated heterocycles. The van der Waals surface area contributed by atoms with Gasteiger partial charge in [-0.1, -0.05) is 6.08 Å². The molecule has 0 rings (SSSR count). The number of quaternary nitrogens is 1. The Hall–Kier alpha value is -0.580. The second kappa shape index (κ2) is 8.99. The zero-order chi connectivity index (χ0) is 9.61. The zero-order valence-corrected chi connectivity index (χ0v) is 9.97. The normalized spacial score (nSPS) is 10.3. The molecule has 2 N–H and O–H groups in total. The van der Waals surface area contributed by atoms with Crippen LogP contribution in [0.25, 0.3) is 0 Å². The Labute approximate surface area is 91.8 Å². The SMILES string of the molecule is CC=CC(=O)OCC[N+](C)(C)C.O.[Cl-]. The highest BCUT2D eigenvalue weighted by molar-refractivity contribution is 5.81. The van der Waals surface area contributed by atoms with E-state index in [4.69, 9.17) is 4.74 Å². The summed E-state index contributed by atoms with van der Waals surface area (Å²) in [6, 6.07) is 0. The first-order chi connectivity index (χ1) is 5.45. The van der Waals surface area contributed by atoms with Gasteiger partial charge in [0, 0.05) is 6.08 Å². The summed E-state index contributed by atoms with van der Waals surface area (Å²) < 4.78 is 5.73. The number of esters is 1. The summed E-state index contributed by atoms with van der Waals surface area (Å²) >= 11 is 0. The standard InChI is InChI=1S/C9H18NO2.ClH.H2O/c1-5-6-9(11)12-8-7-10(2,3)4;;/h5-6H,7-8H2,1-4H3;1H;1H2/q+1;;/p-1. The van der Waals surface area contributed by atoms with E-state index in [1.807, 2.05) is 0 Å². The van der Waals surface area contributed by atoms with Crippen LogP contribution in [-0.4, -0.2) is 50.2 Å². The van der Waals surface area contributed by atoms with E-state index in [1.165, 1.54) is 6.08 Å². The van der Waals surface area contributed by atoms with Crippen molar-refractivity contribution >= 4 is 5.97 Å². The molecule has 0 atom stereocenters. The van der Waals surface area contributed by atoms with Gasteiger partial charge in [0.15, 0.2) is 0 Å². The molecular weight excluding hydrogens is 206 g/mol. The summed E-state index contributed by atoms with van der Waals surface area (Å²) in [6.07, 6.45) is 3.10. The molecular formula is C9H20ClNO3. The van der Waals surface area contributed by atoms with Crippen molar-refractivity contribution in [1.29, 1.82) is 0 Å². The maximum Gasteiger partial charge on any atom is 0.330 e. The van der Waals surface area contributed by atoms with Crippen molar-refractivity contribution in [1.82, 2.24) is 0 Å². The lowest BCUT2D eigenvalue weighted by Crippen LogP contribution is -3.00. The molecule has 0 aliphatic carbocycles. The molecule has 0 aliphatic rings. The minimum Gasteiger partial charge on any atom is -1.00 e. The van der Waals surface area contributed by atoms with E-state index < -0.39 is 0 Å². The first-order valence-electron chi connectivity index (χ1n) is 4.05. The summed E-state index contributed by atoms with van der Waals surface area (Å²) in [5, 5.41) is 0. The van der Waals surface area contributed by atoms with E-state index in [1.54, 1.807) is 13.0 Å². The molecule has 5 heteroatoms. The van der Waals surface area contributed by atoms with Crippen molar-refractivity contribution in [3.63, 3.8) is 0 Å². The summed E-state index contributed by atoms with van der Waals surface area (Å²) in [5.74, 6) is -0.258. The van der Waals surface area contributed by atoms with E-state index in [9.17, 15) is 4.79 Å². The number of hydrogen-bond donors (Lipinski definition) is 0. The molecule has 0 aromatic rings. The highest BCUT2D eigenvalue weighted by Gasteiger charge is 2.07. The molecule has 14 heavy (non-hydrogen) atoms. The van der Waals surface area contributed by atoms with Crippen LogP contribution in [0.1, 0.15) is 6.92 Å². The van der Waals surface area contributed by atoms with Gasteiger partial charge in [-0.2, -0.15) is 0 Å². The molecule has 0 amide bonds. The maximum absolute atomic E-state index is 10.8. The Morgan fingerprint density at radius 3 is 2.21 bits per heavy atom. The van der Waals surface area contributed by atoms with Crippen molar-refractivity contribution in [3.05, 3.63) is 12.2 Å². The number of likely N-dealkylation sites (N-methyl/N-ethyl adjacent to an activating group) is 1. The lowest BCUT2D eigenvalue weighted by molar-refractivity contribution is -0.870. The summed E-state index contributed by atoms with van der Waals surface area (Å²) in [4.78, 5) is 10.8. The van der Waals surface area contributed by atoms with Crippen molar-refractivity contribution in [3.8, 4) is 0 Å². The molecule has 0 unspecified atom stereocenters. The van der Waals surface area contributed by atoms with E-state index in [-0.39, 0.29) is 23.9 Å². The van der Waals surface area contributed by atoms with Gasteiger partial charge in [-0.05, 0) is 6.92 Å². The minimum absolute atomic E-state index is 0. The van der Waals surface area contributed by atoms with Gasteiger partial charge in [-0.3, -0.25) is 0 Å². The fourth-order valence-electron chi connectivity index (χ4n) is 0.604. The van der Waals surface area contributed by atoms with Gasteiger partial charge >= 0.3 is 5.97 Å². The molecule has 4 nitrogen and oxygen atoms in total. The number of carbonyl (C=O) groups excluding carboxylic acids is 1. The van der Waals surface area contributed by atoms with Gasteiger partial charge in [0.2, 0.25) is 0 Å². The van der Waals surface area contributed by atoms with Crippen LogP contribution >= 0.6 is 0 Å². The topological polar surface area (TPSA) is 57.8 Å². The van der Waals surface area contributed by atoms with Crippen LogP contribution in [0.15, 0.2) is 12.2 Å². The van der Waals surface area contributed by atoms with E-state index in [2.05, 4.69) is 21.1 Å². The first-order valence-corrected chi connectivity index (χ1v) is 4.05. The largest absolute Gasteiger partial charge is 1.00 e. The molecule has 0 aliphatic heterocycles. The van der Waals surface area contributed by atoms with E-state index in [0.717, 1.165) is 11.0 Å². The second-order valence-corrected chi connectivity index (χ2v) is 3.68. The first kappa shape index (κ1) is 19.1. The van der Waals surface area contributed by atoms with Crippen LogP contribution in [0.4, 0.5) is 0 Å². The van der Waals surface area contributed by atoms with Crippen LogP contribution in [0, 0.1) is 0 Å². The predicted octanol–water partition coefficient (Wildman–Crippen LogP) is -3.01. The number of ether oxygens (including phenoxy) is 1. The molecule has 0 spiro atoms. The molecule has 0 fully saturated rings. The fourth-order valence-corrected chi connectivity index (χ4v) is 0.604. The summed E-state index contributed by atoms with van der Waals surface area (Å²) in [7, 11) is 6.18. The second-order valence-electron chi connectivity index (χ2n) is 3.68. The highest BCUT2D eigenvalue weighted by atomic mass is 35.5. The highest BCUT2D eigenvalue weighted by Crippen LogP contribution is 1.90. The monoisotopic (exact) mass is 225 g/mol. The molecule has 0 aromatic carbocycles. The molecule has 0 saturated carbocycles. The number of nitrogens with zero attached hydrogens (tertiary/aromatic N) is 1. The molecule has 0 radical (unpaired) electrons. The molecule has 0 aromatic heterocycles. The van der Waals surface area contributed by atoms with Crippen molar-refractivity contribution < 1.29 is 31.9 Å². The average molecular weight is 226 g/mol. The zero-order valence-electron chi connectivity index (χ0n) is 9.21. The fraction of sp³-hybridized carbons (Fsp3) is 0.667. The third-order valence-corrected chi connectivity index (χ3v) is 1.31. The summed E-state index contributed by atoms with van der Waals surface area (Å²) in [5.41, 5.74) is 0.